The Morgan fingerprint density at radius 2 is 2.19 bits per heavy atom. The van der Waals surface area contributed by atoms with E-state index in [0.29, 0.717) is 18.9 Å². The Balaban J connectivity index is 1.32. The standard InChI is InChI=1S/C27H35N7O2S/c1-4-28-10-11-34(3)24(35)9-7-17-6-8-19-23(12-17)37-27-25(19)26(29-16-30-27)32-21-13-18-15-31-33-20(18)14-22(21)36-5-2/h13-17,28H,4-12H2,1-3H3,(H,31,33)(H,29,30,32). The van der Waals surface area contributed by atoms with Crippen LogP contribution in [-0.2, 0) is 17.6 Å². The lowest BCUT2D eigenvalue weighted by Crippen LogP contribution is -2.34. The number of amides is 1. The second kappa shape index (κ2) is 11.4. The lowest BCUT2D eigenvalue weighted by atomic mass is 9.85. The smallest absolute Gasteiger partial charge is 0.222 e. The Labute approximate surface area is 221 Å². The van der Waals surface area contributed by atoms with Crippen LogP contribution in [0.2, 0.25) is 0 Å². The number of carbonyl (C=O) groups excluding carboxylic acids is 1. The molecule has 1 aliphatic rings. The molecule has 1 aliphatic carbocycles. The number of nitrogens with zero attached hydrogens (tertiary/aromatic N) is 4. The van der Waals surface area contributed by atoms with Crippen molar-refractivity contribution < 1.29 is 9.53 Å². The highest BCUT2D eigenvalue weighted by molar-refractivity contribution is 7.19. The number of likely N-dealkylation sites (N-methyl/N-ethyl adjacent to an activating group) is 2. The monoisotopic (exact) mass is 521 g/mol. The minimum Gasteiger partial charge on any atom is -0.492 e. The molecule has 9 nitrogen and oxygen atoms in total. The number of hydrogen-bond acceptors (Lipinski definition) is 8. The van der Waals surface area contributed by atoms with E-state index in [4.69, 9.17) is 4.74 Å². The van der Waals surface area contributed by atoms with Gasteiger partial charge in [-0.15, -0.1) is 11.3 Å². The van der Waals surface area contributed by atoms with Crippen LogP contribution in [0.4, 0.5) is 11.5 Å². The Hall–Kier alpha value is -3.24. The second-order valence-corrected chi connectivity index (χ2v) is 10.7. The van der Waals surface area contributed by atoms with Crippen LogP contribution in [0.1, 0.15) is 43.6 Å². The summed E-state index contributed by atoms with van der Waals surface area (Å²) < 4.78 is 5.91. The quantitative estimate of drug-likeness (QED) is 0.246. The first-order valence-electron chi connectivity index (χ1n) is 13.1. The highest BCUT2D eigenvalue weighted by Crippen LogP contribution is 2.42. The number of anilines is 2. The number of hydrogen-bond donors (Lipinski definition) is 3. The van der Waals surface area contributed by atoms with Gasteiger partial charge in [0.15, 0.2) is 0 Å². The third kappa shape index (κ3) is 5.55. The Morgan fingerprint density at radius 1 is 1.30 bits per heavy atom. The summed E-state index contributed by atoms with van der Waals surface area (Å²) in [7, 11) is 1.90. The first-order chi connectivity index (χ1) is 18.1. The average Bonchev–Trinajstić information content (AvgIpc) is 3.51. The van der Waals surface area contributed by atoms with Crippen molar-refractivity contribution in [2.45, 2.75) is 46.0 Å². The highest BCUT2D eigenvalue weighted by atomic mass is 32.1. The van der Waals surface area contributed by atoms with E-state index in [1.165, 1.54) is 10.4 Å². The Morgan fingerprint density at radius 3 is 3.03 bits per heavy atom. The van der Waals surface area contributed by atoms with Gasteiger partial charge >= 0.3 is 0 Å². The molecule has 10 heteroatoms. The van der Waals surface area contributed by atoms with Crippen LogP contribution in [0, 0.1) is 5.92 Å². The number of benzene rings is 1. The van der Waals surface area contributed by atoms with E-state index in [-0.39, 0.29) is 5.91 Å². The summed E-state index contributed by atoms with van der Waals surface area (Å²) in [6.07, 6.45) is 8.02. The molecule has 0 saturated carbocycles. The van der Waals surface area contributed by atoms with Crippen molar-refractivity contribution in [2.75, 3.05) is 38.6 Å². The summed E-state index contributed by atoms with van der Waals surface area (Å²) in [6, 6.07) is 4.01. The molecule has 3 aromatic heterocycles. The molecule has 0 saturated heterocycles. The first-order valence-corrected chi connectivity index (χ1v) is 14.0. The van der Waals surface area contributed by atoms with E-state index in [1.54, 1.807) is 17.7 Å². The summed E-state index contributed by atoms with van der Waals surface area (Å²) in [4.78, 5) is 26.0. The lowest BCUT2D eigenvalue weighted by Gasteiger charge is -2.24. The highest BCUT2D eigenvalue weighted by Gasteiger charge is 2.26. The SMILES string of the molecule is CCNCCN(C)C(=O)CCC1CCc2c(sc3ncnc(Nc4cc5cn[nH]c5cc4OCC)c23)C1. The Kier molecular flexibility index (Phi) is 7.85. The number of fused-ring (bicyclic) bond motifs is 4. The van der Waals surface area contributed by atoms with Gasteiger partial charge < -0.3 is 20.3 Å². The molecule has 0 radical (unpaired) electrons. The molecule has 1 aromatic carbocycles. The van der Waals surface area contributed by atoms with Crippen molar-refractivity contribution in [3.8, 4) is 5.75 Å². The zero-order valence-corrected chi connectivity index (χ0v) is 22.6. The van der Waals surface area contributed by atoms with Gasteiger partial charge in [-0.05, 0) is 56.7 Å². The molecule has 3 heterocycles. The fourth-order valence-corrected chi connectivity index (χ4v) is 6.36. The van der Waals surface area contributed by atoms with E-state index in [9.17, 15) is 4.79 Å². The first kappa shape index (κ1) is 25.4. The minimum absolute atomic E-state index is 0.233. The fourth-order valence-electron chi connectivity index (χ4n) is 5.06. The molecule has 1 amide bonds. The van der Waals surface area contributed by atoms with Crippen molar-refractivity contribution >= 4 is 49.9 Å². The molecule has 3 N–H and O–H groups in total. The average molecular weight is 522 g/mol. The zero-order chi connectivity index (χ0) is 25.8. The molecule has 196 valence electrons. The van der Waals surface area contributed by atoms with Gasteiger partial charge in [0.25, 0.3) is 0 Å². The predicted octanol–water partition coefficient (Wildman–Crippen LogP) is 4.66. The van der Waals surface area contributed by atoms with E-state index in [2.05, 4.69) is 37.7 Å². The maximum atomic E-state index is 12.6. The maximum Gasteiger partial charge on any atom is 0.222 e. The number of aryl methyl sites for hydroxylation is 1. The van der Waals surface area contributed by atoms with Crippen LogP contribution >= 0.6 is 11.3 Å². The molecule has 0 spiro atoms. The summed E-state index contributed by atoms with van der Waals surface area (Å²) in [5, 5.41) is 16.1. The largest absolute Gasteiger partial charge is 0.492 e. The minimum atomic E-state index is 0.233. The maximum absolute atomic E-state index is 12.6. The van der Waals surface area contributed by atoms with Crippen molar-refractivity contribution in [3.63, 3.8) is 0 Å². The molecule has 0 fully saturated rings. The van der Waals surface area contributed by atoms with Crippen molar-refractivity contribution in [1.82, 2.24) is 30.4 Å². The van der Waals surface area contributed by atoms with Crippen LogP contribution < -0.4 is 15.4 Å². The molecule has 5 rings (SSSR count). The predicted molar refractivity (Wildman–Crippen MR) is 149 cm³/mol. The zero-order valence-electron chi connectivity index (χ0n) is 21.8. The molecule has 0 aliphatic heterocycles. The van der Waals surface area contributed by atoms with Crippen molar-refractivity contribution in [1.29, 1.82) is 0 Å². The molecule has 1 atom stereocenters. The number of carbonyl (C=O) groups is 1. The van der Waals surface area contributed by atoms with E-state index in [0.717, 1.165) is 83.7 Å². The van der Waals surface area contributed by atoms with Gasteiger partial charge in [0.2, 0.25) is 5.91 Å². The van der Waals surface area contributed by atoms with Crippen LogP contribution in [-0.4, -0.2) is 64.3 Å². The molecule has 0 bridgehead atoms. The molecule has 37 heavy (non-hydrogen) atoms. The van der Waals surface area contributed by atoms with Gasteiger partial charge in [0, 0.05) is 42.9 Å². The summed E-state index contributed by atoms with van der Waals surface area (Å²) in [6.45, 7) is 7.14. The van der Waals surface area contributed by atoms with Crippen molar-refractivity contribution in [2.24, 2.45) is 5.92 Å². The van der Waals surface area contributed by atoms with Gasteiger partial charge in [-0.3, -0.25) is 9.89 Å². The van der Waals surface area contributed by atoms with Crippen LogP contribution in [0.5, 0.6) is 5.75 Å². The molecular weight excluding hydrogens is 486 g/mol. The molecular formula is C27H35N7O2S. The van der Waals surface area contributed by atoms with E-state index >= 15 is 0 Å². The lowest BCUT2D eigenvalue weighted by molar-refractivity contribution is -0.130. The number of rotatable bonds is 11. The van der Waals surface area contributed by atoms with Crippen LogP contribution in [0.25, 0.3) is 21.1 Å². The molecule has 4 aromatic rings. The summed E-state index contributed by atoms with van der Waals surface area (Å²) >= 11 is 1.76. The summed E-state index contributed by atoms with van der Waals surface area (Å²) in [5.74, 6) is 2.32. The van der Waals surface area contributed by atoms with Crippen molar-refractivity contribution in [3.05, 3.63) is 35.1 Å². The number of aromatic nitrogens is 4. The second-order valence-electron chi connectivity index (χ2n) is 9.59. The number of ether oxygens (including phenoxy) is 1. The van der Waals surface area contributed by atoms with Gasteiger partial charge in [-0.25, -0.2) is 9.97 Å². The van der Waals surface area contributed by atoms with Crippen LogP contribution in [0.15, 0.2) is 24.7 Å². The van der Waals surface area contributed by atoms with Gasteiger partial charge in [0.05, 0.1) is 29.4 Å². The van der Waals surface area contributed by atoms with E-state index < -0.39 is 0 Å². The van der Waals surface area contributed by atoms with E-state index in [1.807, 2.05) is 37.2 Å². The molecule has 1 unspecified atom stereocenters. The topological polar surface area (TPSA) is 108 Å². The Bertz CT molecular complexity index is 1380. The fraction of sp³-hybridized carbons (Fsp3) is 0.481. The third-order valence-electron chi connectivity index (χ3n) is 7.11. The number of nitrogens with one attached hydrogen (secondary N) is 3. The third-order valence-corrected chi connectivity index (χ3v) is 8.27. The number of H-pyrrole nitrogens is 1. The summed E-state index contributed by atoms with van der Waals surface area (Å²) in [5.41, 5.74) is 3.14. The van der Waals surface area contributed by atoms with Gasteiger partial charge in [-0.1, -0.05) is 6.92 Å². The van der Waals surface area contributed by atoms with Crippen LogP contribution in [0.3, 0.4) is 0 Å². The van der Waals surface area contributed by atoms with Gasteiger partial charge in [-0.2, -0.15) is 5.10 Å². The number of thiophene rings is 1. The normalized spacial score (nSPS) is 15.2. The van der Waals surface area contributed by atoms with Gasteiger partial charge in [0.1, 0.15) is 22.7 Å². The number of aromatic amines is 1.